The summed E-state index contributed by atoms with van der Waals surface area (Å²) in [5.74, 6) is -0.904. The normalized spacial score (nSPS) is 15.1. The van der Waals surface area contributed by atoms with Crippen LogP contribution in [0.2, 0.25) is 0 Å². The number of fused-ring (bicyclic) bond motifs is 1. The molecule has 0 spiro atoms. The lowest BCUT2D eigenvalue weighted by atomic mass is 10.1. The van der Waals surface area contributed by atoms with Crippen molar-refractivity contribution in [3.63, 3.8) is 0 Å². The van der Waals surface area contributed by atoms with E-state index in [1.54, 1.807) is 18.2 Å². The van der Waals surface area contributed by atoms with E-state index in [0.29, 0.717) is 6.29 Å². The summed E-state index contributed by atoms with van der Waals surface area (Å²) in [6.45, 7) is -0.180. The summed E-state index contributed by atoms with van der Waals surface area (Å²) in [6, 6.07) is 6.43. The second-order valence-corrected chi connectivity index (χ2v) is 4.46. The topological polar surface area (TPSA) is 84.7 Å². The largest absolute Gasteiger partial charge is 0.439 e. The molecule has 1 amide bonds. The van der Waals surface area contributed by atoms with E-state index in [4.69, 9.17) is 4.42 Å². The Bertz CT molecular complexity index is 805. The van der Waals surface area contributed by atoms with Crippen LogP contribution in [0.4, 0.5) is 5.88 Å². The molecular formula is C14H9NO5. The third-order valence-corrected chi connectivity index (χ3v) is 3.16. The summed E-state index contributed by atoms with van der Waals surface area (Å²) in [6.07, 6.45) is 0.110. The number of hydrogen-bond acceptors (Lipinski definition) is 5. The lowest BCUT2D eigenvalue weighted by molar-refractivity contribution is -0.121. The third kappa shape index (κ3) is 1.73. The Morgan fingerprint density at radius 2 is 1.90 bits per heavy atom. The zero-order chi connectivity index (χ0) is 14.3. The highest BCUT2D eigenvalue weighted by molar-refractivity contribution is 6.15. The summed E-state index contributed by atoms with van der Waals surface area (Å²) in [7, 11) is 0. The van der Waals surface area contributed by atoms with Gasteiger partial charge in [0.1, 0.15) is 11.1 Å². The molecule has 0 bridgehead atoms. The molecule has 1 aliphatic rings. The summed E-state index contributed by atoms with van der Waals surface area (Å²) >= 11 is 0. The number of Topliss-reactive ketones (excluding diaryl/α,β-unsaturated/α-hetero) is 1. The minimum atomic E-state index is -0.510. The molecule has 6 nitrogen and oxygen atoms in total. The number of hydrogen-bond donors (Lipinski definition) is 0. The molecule has 2 heterocycles. The lowest BCUT2D eigenvalue weighted by Gasteiger charge is -2.15. The van der Waals surface area contributed by atoms with Gasteiger partial charge in [-0.2, -0.15) is 0 Å². The summed E-state index contributed by atoms with van der Waals surface area (Å²) in [4.78, 5) is 47.4. The van der Waals surface area contributed by atoms with E-state index in [1.807, 2.05) is 0 Å². The van der Waals surface area contributed by atoms with Crippen LogP contribution >= 0.6 is 0 Å². The Hall–Kier alpha value is -2.76. The zero-order valence-electron chi connectivity index (χ0n) is 10.3. The fourth-order valence-electron chi connectivity index (χ4n) is 2.22. The summed E-state index contributed by atoms with van der Waals surface area (Å²) < 4.78 is 5.49. The maximum atomic E-state index is 12.2. The van der Waals surface area contributed by atoms with Crippen molar-refractivity contribution in [3.8, 4) is 0 Å². The Labute approximate surface area is 112 Å². The van der Waals surface area contributed by atoms with Gasteiger partial charge in [0.25, 0.3) is 0 Å². The van der Waals surface area contributed by atoms with Gasteiger partial charge in [-0.3, -0.25) is 24.1 Å². The third-order valence-electron chi connectivity index (χ3n) is 3.16. The molecule has 1 aliphatic heterocycles. The van der Waals surface area contributed by atoms with E-state index >= 15 is 0 Å². The number of rotatable bonds is 2. The second kappa shape index (κ2) is 4.41. The molecule has 6 heteroatoms. The highest BCUT2D eigenvalue weighted by atomic mass is 16.4. The Balaban J connectivity index is 2.30. The molecule has 2 aromatic rings. The molecule has 1 fully saturated rings. The number of carbonyl (C=O) groups is 3. The smallest absolute Gasteiger partial charge is 0.237 e. The molecular weight excluding hydrogens is 262 g/mol. The highest BCUT2D eigenvalue weighted by Crippen LogP contribution is 2.25. The first kappa shape index (κ1) is 12.3. The van der Waals surface area contributed by atoms with Gasteiger partial charge in [0, 0.05) is 0 Å². The summed E-state index contributed by atoms with van der Waals surface area (Å²) in [5, 5.41) is 0.260. The molecule has 0 saturated carbocycles. The van der Waals surface area contributed by atoms with Crippen molar-refractivity contribution in [2.75, 3.05) is 11.4 Å². The van der Waals surface area contributed by atoms with Crippen LogP contribution in [-0.2, 0) is 9.59 Å². The van der Waals surface area contributed by atoms with Gasteiger partial charge in [0.2, 0.25) is 17.2 Å². The minimum absolute atomic E-state index is 0.153. The number of aldehydes is 1. The number of anilines is 1. The van der Waals surface area contributed by atoms with E-state index in [1.165, 1.54) is 6.07 Å². The average Bonchev–Trinajstić information content (AvgIpc) is 2.77. The standard InChI is InChI=1S/C14H9NO5/c16-7-10-13(19)9-3-1-2-4-11(9)20-14(10)15-6-8(17)5-12(15)18/h1-4,7H,5-6H2. The van der Waals surface area contributed by atoms with E-state index in [9.17, 15) is 19.2 Å². The van der Waals surface area contributed by atoms with Gasteiger partial charge >= 0.3 is 0 Å². The number of amides is 1. The van der Waals surface area contributed by atoms with Crippen LogP contribution in [0, 0.1) is 0 Å². The Morgan fingerprint density at radius 3 is 2.55 bits per heavy atom. The van der Waals surface area contributed by atoms with Gasteiger partial charge in [-0.15, -0.1) is 0 Å². The zero-order valence-corrected chi connectivity index (χ0v) is 10.3. The molecule has 0 unspecified atom stereocenters. The van der Waals surface area contributed by atoms with E-state index in [2.05, 4.69) is 0 Å². The lowest BCUT2D eigenvalue weighted by Crippen LogP contribution is -2.28. The summed E-state index contributed by atoms with van der Waals surface area (Å²) in [5.41, 5.74) is -0.485. The number of benzene rings is 1. The molecule has 0 radical (unpaired) electrons. The SMILES string of the molecule is O=Cc1c(N2CC(=O)CC2=O)oc2ccccc2c1=O. The van der Waals surface area contributed by atoms with Gasteiger partial charge < -0.3 is 4.42 Å². The minimum Gasteiger partial charge on any atom is -0.439 e. The average molecular weight is 271 g/mol. The van der Waals surface area contributed by atoms with Gasteiger partial charge in [-0.05, 0) is 12.1 Å². The van der Waals surface area contributed by atoms with Crippen molar-refractivity contribution >= 4 is 34.8 Å². The van der Waals surface area contributed by atoms with Crippen molar-refractivity contribution < 1.29 is 18.8 Å². The second-order valence-electron chi connectivity index (χ2n) is 4.46. The van der Waals surface area contributed by atoms with Crippen LogP contribution in [0.3, 0.4) is 0 Å². The van der Waals surface area contributed by atoms with Crippen LogP contribution in [-0.4, -0.2) is 24.5 Å². The molecule has 1 saturated heterocycles. The van der Waals surface area contributed by atoms with E-state index in [0.717, 1.165) is 4.90 Å². The molecule has 0 atom stereocenters. The Morgan fingerprint density at radius 1 is 1.15 bits per heavy atom. The van der Waals surface area contributed by atoms with Crippen molar-refractivity contribution in [1.29, 1.82) is 0 Å². The molecule has 3 rings (SSSR count). The van der Waals surface area contributed by atoms with Gasteiger partial charge in [0.05, 0.1) is 18.4 Å². The molecule has 0 N–H and O–H groups in total. The Kier molecular flexibility index (Phi) is 2.71. The first-order valence-electron chi connectivity index (χ1n) is 5.95. The predicted octanol–water partition coefficient (Wildman–Crippen LogP) is 0.911. The van der Waals surface area contributed by atoms with Crippen LogP contribution in [0.15, 0.2) is 33.5 Å². The number of carbonyl (C=O) groups excluding carboxylic acids is 3. The van der Waals surface area contributed by atoms with Crippen molar-refractivity contribution in [2.24, 2.45) is 0 Å². The van der Waals surface area contributed by atoms with Crippen LogP contribution < -0.4 is 10.3 Å². The fraction of sp³-hybridized carbons (Fsp3) is 0.143. The number of nitrogens with zero attached hydrogens (tertiary/aromatic N) is 1. The van der Waals surface area contributed by atoms with Crippen LogP contribution in [0.5, 0.6) is 0 Å². The quantitative estimate of drug-likeness (QED) is 0.598. The first-order chi connectivity index (χ1) is 9.61. The van der Waals surface area contributed by atoms with Crippen LogP contribution in [0.1, 0.15) is 16.8 Å². The predicted molar refractivity (Wildman–Crippen MR) is 69.8 cm³/mol. The van der Waals surface area contributed by atoms with Crippen LogP contribution in [0.25, 0.3) is 11.0 Å². The number of ketones is 1. The molecule has 20 heavy (non-hydrogen) atoms. The van der Waals surface area contributed by atoms with E-state index in [-0.39, 0.29) is 41.2 Å². The van der Waals surface area contributed by atoms with Crippen molar-refractivity contribution in [3.05, 3.63) is 40.1 Å². The number of para-hydroxylation sites is 1. The molecule has 0 aliphatic carbocycles. The molecule has 100 valence electrons. The van der Waals surface area contributed by atoms with E-state index < -0.39 is 11.3 Å². The van der Waals surface area contributed by atoms with Gasteiger partial charge in [-0.25, -0.2) is 0 Å². The maximum Gasteiger partial charge on any atom is 0.237 e. The fourth-order valence-corrected chi connectivity index (χ4v) is 2.22. The maximum absolute atomic E-state index is 12.2. The highest BCUT2D eigenvalue weighted by Gasteiger charge is 2.33. The van der Waals surface area contributed by atoms with Crippen molar-refractivity contribution in [1.82, 2.24) is 0 Å². The first-order valence-corrected chi connectivity index (χ1v) is 5.95. The molecule has 1 aromatic heterocycles. The molecule has 1 aromatic carbocycles. The van der Waals surface area contributed by atoms with Crippen molar-refractivity contribution in [2.45, 2.75) is 6.42 Å². The monoisotopic (exact) mass is 271 g/mol. The van der Waals surface area contributed by atoms with Gasteiger partial charge in [0.15, 0.2) is 12.1 Å². The van der Waals surface area contributed by atoms with Gasteiger partial charge in [-0.1, -0.05) is 12.1 Å².